The SMILES string of the molecule is O=C(CSc1n[nH]c(N/N=C\c2c[nH]c3ccccc23)n1)Nc1c(F)cccc1F. The highest BCUT2D eigenvalue weighted by molar-refractivity contribution is 7.99. The molecule has 0 spiro atoms. The summed E-state index contributed by atoms with van der Waals surface area (Å²) < 4.78 is 27.1. The van der Waals surface area contributed by atoms with Crippen molar-refractivity contribution in [1.29, 1.82) is 0 Å². The standard InChI is InChI=1S/C19H15F2N7OS/c20-13-5-3-6-14(21)17(13)24-16(29)10-30-19-25-18(27-28-19)26-23-9-11-8-22-15-7-2-1-4-12(11)15/h1-9,22H,10H2,(H,24,29)(H2,25,26,27,28)/b23-9-. The lowest BCUT2D eigenvalue weighted by molar-refractivity contribution is -0.113. The molecule has 0 fully saturated rings. The number of benzene rings is 2. The molecule has 0 saturated heterocycles. The van der Waals surface area contributed by atoms with Gasteiger partial charge in [-0.15, -0.1) is 5.10 Å². The highest BCUT2D eigenvalue weighted by Crippen LogP contribution is 2.20. The topological polar surface area (TPSA) is 111 Å². The van der Waals surface area contributed by atoms with Gasteiger partial charge in [0.1, 0.15) is 17.3 Å². The van der Waals surface area contributed by atoms with E-state index in [1.165, 1.54) is 6.07 Å². The van der Waals surface area contributed by atoms with Crippen LogP contribution in [-0.2, 0) is 4.79 Å². The Morgan fingerprint density at radius 2 is 1.97 bits per heavy atom. The number of rotatable bonds is 7. The van der Waals surface area contributed by atoms with Gasteiger partial charge in [0.05, 0.1) is 12.0 Å². The van der Waals surface area contributed by atoms with Crippen LogP contribution < -0.4 is 10.7 Å². The number of nitrogens with zero attached hydrogens (tertiary/aromatic N) is 3. The van der Waals surface area contributed by atoms with Crippen molar-refractivity contribution in [2.45, 2.75) is 5.16 Å². The first-order valence-corrected chi connectivity index (χ1v) is 9.73. The number of aromatic amines is 2. The lowest BCUT2D eigenvalue weighted by Crippen LogP contribution is -2.16. The summed E-state index contributed by atoms with van der Waals surface area (Å²) in [5.74, 6) is -2.10. The van der Waals surface area contributed by atoms with Crippen LogP contribution >= 0.6 is 11.8 Å². The number of carbonyl (C=O) groups is 1. The molecule has 4 rings (SSSR count). The first-order valence-electron chi connectivity index (χ1n) is 8.74. The Balaban J connectivity index is 1.30. The third-order valence-electron chi connectivity index (χ3n) is 4.02. The second-order valence-corrected chi connectivity index (χ2v) is 7.00. The summed E-state index contributed by atoms with van der Waals surface area (Å²) in [5, 5.41) is 14.2. The van der Waals surface area contributed by atoms with Crippen LogP contribution in [-0.4, -0.2) is 38.0 Å². The van der Waals surface area contributed by atoms with Crippen LogP contribution in [0.15, 0.2) is 58.9 Å². The molecule has 0 unspecified atom stereocenters. The van der Waals surface area contributed by atoms with Gasteiger partial charge in [-0.05, 0) is 18.2 Å². The number of amides is 1. The third kappa shape index (κ3) is 4.46. The van der Waals surface area contributed by atoms with Gasteiger partial charge in [-0.2, -0.15) is 10.1 Å². The zero-order chi connectivity index (χ0) is 20.9. The van der Waals surface area contributed by atoms with Gasteiger partial charge in [0.2, 0.25) is 17.0 Å². The molecule has 1 amide bonds. The van der Waals surface area contributed by atoms with E-state index in [1.54, 1.807) is 6.21 Å². The van der Waals surface area contributed by atoms with Crippen molar-refractivity contribution in [2.75, 3.05) is 16.5 Å². The number of hydrazone groups is 1. The number of H-pyrrole nitrogens is 2. The summed E-state index contributed by atoms with van der Waals surface area (Å²) in [6, 6.07) is 11.2. The maximum Gasteiger partial charge on any atom is 0.240 e. The molecule has 0 aliphatic carbocycles. The normalized spacial score (nSPS) is 11.3. The number of aromatic nitrogens is 4. The zero-order valence-electron chi connectivity index (χ0n) is 15.3. The Hall–Kier alpha value is -3.73. The highest BCUT2D eigenvalue weighted by Gasteiger charge is 2.13. The number of thioether (sulfide) groups is 1. The second-order valence-electron chi connectivity index (χ2n) is 6.06. The van der Waals surface area contributed by atoms with E-state index in [1.807, 2.05) is 30.5 Å². The first kappa shape index (κ1) is 19.6. The molecular weight excluding hydrogens is 412 g/mol. The molecular formula is C19H15F2N7OS. The minimum atomic E-state index is -0.842. The van der Waals surface area contributed by atoms with Crippen molar-refractivity contribution < 1.29 is 13.6 Å². The van der Waals surface area contributed by atoms with Crippen LogP contribution in [0.1, 0.15) is 5.56 Å². The number of para-hydroxylation sites is 2. The molecule has 0 aliphatic heterocycles. The van der Waals surface area contributed by atoms with Crippen molar-refractivity contribution in [3.05, 3.63) is 65.9 Å². The number of halogens is 2. The smallest absolute Gasteiger partial charge is 0.240 e. The molecule has 4 N–H and O–H groups in total. The van der Waals surface area contributed by atoms with Crippen LogP contribution in [0.4, 0.5) is 20.4 Å². The molecule has 0 radical (unpaired) electrons. The number of anilines is 2. The first-order chi connectivity index (χ1) is 14.6. The van der Waals surface area contributed by atoms with Gasteiger partial charge < -0.3 is 10.3 Å². The summed E-state index contributed by atoms with van der Waals surface area (Å²) in [4.78, 5) is 19.2. The average Bonchev–Trinajstić information content (AvgIpc) is 3.37. The Labute approximate surface area is 173 Å². The van der Waals surface area contributed by atoms with Crippen LogP contribution in [0.3, 0.4) is 0 Å². The summed E-state index contributed by atoms with van der Waals surface area (Å²) in [6.45, 7) is 0. The molecule has 8 nitrogen and oxygen atoms in total. The number of hydrogen-bond donors (Lipinski definition) is 4. The average molecular weight is 427 g/mol. The zero-order valence-corrected chi connectivity index (χ0v) is 16.1. The number of nitrogens with one attached hydrogen (secondary N) is 4. The summed E-state index contributed by atoms with van der Waals surface area (Å²) in [5.41, 5.74) is 4.16. The molecule has 152 valence electrons. The van der Waals surface area contributed by atoms with Crippen molar-refractivity contribution >= 4 is 46.4 Å². The molecule has 30 heavy (non-hydrogen) atoms. The fraction of sp³-hybridized carbons (Fsp3) is 0.0526. The molecule has 0 bridgehead atoms. The summed E-state index contributed by atoms with van der Waals surface area (Å²) >= 11 is 1.01. The molecule has 11 heteroatoms. The lowest BCUT2D eigenvalue weighted by Gasteiger charge is -2.06. The summed E-state index contributed by atoms with van der Waals surface area (Å²) in [6.07, 6.45) is 3.49. The van der Waals surface area contributed by atoms with E-state index < -0.39 is 23.2 Å². The molecule has 0 atom stereocenters. The second kappa shape index (κ2) is 8.74. The van der Waals surface area contributed by atoms with E-state index in [9.17, 15) is 13.6 Å². The van der Waals surface area contributed by atoms with Crippen LogP contribution in [0.2, 0.25) is 0 Å². The van der Waals surface area contributed by atoms with E-state index in [0.717, 1.165) is 40.4 Å². The summed E-state index contributed by atoms with van der Waals surface area (Å²) in [7, 11) is 0. The number of carbonyl (C=O) groups excluding carboxylic acids is 1. The van der Waals surface area contributed by atoms with Gasteiger partial charge in [-0.25, -0.2) is 19.3 Å². The molecule has 0 saturated carbocycles. The maximum absolute atomic E-state index is 13.6. The monoisotopic (exact) mass is 427 g/mol. The maximum atomic E-state index is 13.6. The van der Waals surface area contributed by atoms with Crippen LogP contribution in [0.25, 0.3) is 10.9 Å². The van der Waals surface area contributed by atoms with Gasteiger partial charge in [0.15, 0.2) is 0 Å². The molecule has 2 aromatic heterocycles. The van der Waals surface area contributed by atoms with Gasteiger partial charge in [0, 0.05) is 22.7 Å². The molecule has 4 aromatic rings. The van der Waals surface area contributed by atoms with Crippen LogP contribution in [0, 0.1) is 11.6 Å². The van der Waals surface area contributed by atoms with Gasteiger partial charge >= 0.3 is 0 Å². The predicted octanol–water partition coefficient (Wildman–Crippen LogP) is 3.74. The van der Waals surface area contributed by atoms with E-state index in [2.05, 4.69) is 36.0 Å². The highest BCUT2D eigenvalue weighted by atomic mass is 32.2. The predicted molar refractivity (Wildman–Crippen MR) is 112 cm³/mol. The Morgan fingerprint density at radius 1 is 1.17 bits per heavy atom. The Bertz CT molecular complexity index is 1200. The quantitative estimate of drug-likeness (QED) is 0.204. The van der Waals surface area contributed by atoms with E-state index >= 15 is 0 Å². The van der Waals surface area contributed by atoms with Crippen molar-refractivity contribution in [3.8, 4) is 0 Å². The van der Waals surface area contributed by atoms with Gasteiger partial charge in [0.25, 0.3) is 0 Å². The molecule has 0 aliphatic rings. The van der Waals surface area contributed by atoms with E-state index in [0.29, 0.717) is 0 Å². The lowest BCUT2D eigenvalue weighted by atomic mass is 10.2. The minimum absolute atomic E-state index is 0.121. The number of fused-ring (bicyclic) bond motifs is 1. The molecule has 2 aromatic carbocycles. The Kier molecular flexibility index (Phi) is 5.70. The largest absolute Gasteiger partial charge is 0.361 e. The van der Waals surface area contributed by atoms with Crippen LogP contribution in [0.5, 0.6) is 0 Å². The van der Waals surface area contributed by atoms with E-state index in [4.69, 9.17) is 0 Å². The molecule has 2 heterocycles. The van der Waals surface area contributed by atoms with Crippen molar-refractivity contribution in [2.24, 2.45) is 5.10 Å². The van der Waals surface area contributed by atoms with Crippen molar-refractivity contribution in [1.82, 2.24) is 20.2 Å². The Morgan fingerprint density at radius 3 is 2.80 bits per heavy atom. The van der Waals surface area contributed by atoms with Crippen molar-refractivity contribution in [3.63, 3.8) is 0 Å². The van der Waals surface area contributed by atoms with Gasteiger partial charge in [-0.3, -0.25) is 4.79 Å². The third-order valence-corrected chi connectivity index (χ3v) is 4.87. The fourth-order valence-electron chi connectivity index (χ4n) is 2.65. The fourth-order valence-corrected chi connectivity index (χ4v) is 3.25. The van der Waals surface area contributed by atoms with Gasteiger partial charge in [-0.1, -0.05) is 36.0 Å². The van der Waals surface area contributed by atoms with E-state index in [-0.39, 0.29) is 16.9 Å². The number of hydrogen-bond acceptors (Lipinski definition) is 6. The minimum Gasteiger partial charge on any atom is -0.361 e.